The maximum atomic E-state index is 11.2. The number of carbonyl (C=O) groups is 1. The Hall–Kier alpha value is -2.18. The van der Waals surface area contributed by atoms with E-state index in [0.29, 0.717) is 19.0 Å². The summed E-state index contributed by atoms with van der Waals surface area (Å²) in [4.78, 5) is 27.0. The van der Waals surface area contributed by atoms with Crippen molar-refractivity contribution < 1.29 is 14.8 Å². The predicted octanol–water partition coefficient (Wildman–Crippen LogP) is 2.17. The third-order valence-electron chi connectivity index (χ3n) is 2.56. The molecule has 0 fully saturated rings. The lowest BCUT2D eigenvalue weighted by atomic mass is 10.1. The fraction of sp³-hybridized carbons (Fsp3) is 0.500. The summed E-state index contributed by atoms with van der Waals surface area (Å²) in [5.74, 6) is -0.610. The van der Waals surface area contributed by atoms with E-state index in [1.54, 1.807) is 4.90 Å². The zero-order valence-corrected chi connectivity index (χ0v) is 11.2. The van der Waals surface area contributed by atoms with Gasteiger partial charge in [-0.15, -0.1) is 0 Å². The first-order valence-corrected chi connectivity index (χ1v) is 5.99. The fourth-order valence-corrected chi connectivity index (χ4v) is 1.76. The molecular formula is C12H17N3O4. The van der Waals surface area contributed by atoms with Gasteiger partial charge in [0.15, 0.2) is 0 Å². The van der Waals surface area contributed by atoms with Crippen LogP contribution in [-0.2, 0) is 0 Å². The highest BCUT2D eigenvalue weighted by atomic mass is 16.6. The van der Waals surface area contributed by atoms with Crippen LogP contribution in [0, 0.1) is 16.0 Å². The van der Waals surface area contributed by atoms with Crippen molar-refractivity contribution in [1.29, 1.82) is 0 Å². The van der Waals surface area contributed by atoms with Gasteiger partial charge in [-0.1, -0.05) is 13.8 Å². The fourth-order valence-electron chi connectivity index (χ4n) is 1.76. The Labute approximate surface area is 111 Å². The zero-order chi connectivity index (χ0) is 14.6. The first-order valence-electron chi connectivity index (χ1n) is 5.99. The Morgan fingerprint density at radius 1 is 1.58 bits per heavy atom. The number of hydrogen-bond donors (Lipinski definition) is 1. The van der Waals surface area contributed by atoms with Gasteiger partial charge in [0.05, 0.1) is 4.92 Å². The average Bonchev–Trinajstić information content (AvgIpc) is 2.34. The smallest absolute Gasteiger partial charge is 0.339 e. The molecule has 7 heteroatoms. The molecule has 1 aromatic heterocycles. The second-order valence-corrected chi connectivity index (χ2v) is 4.56. The van der Waals surface area contributed by atoms with Crippen LogP contribution in [0.2, 0.25) is 0 Å². The third kappa shape index (κ3) is 3.64. The second kappa shape index (κ2) is 6.12. The van der Waals surface area contributed by atoms with Gasteiger partial charge >= 0.3 is 5.97 Å². The first kappa shape index (κ1) is 14.9. The molecule has 1 rings (SSSR count). The topological polar surface area (TPSA) is 96.6 Å². The molecule has 1 heterocycles. The van der Waals surface area contributed by atoms with Gasteiger partial charge in [0.1, 0.15) is 17.6 Å². The van der Waals surface area contributed by atoms with Gasteiger partial charge in [-0.2, -0.15) is 0 Å². The number of aromatic nitrogens is 1. The molecule has 7 nitrogen and oxygen atoms in total. The number of carboxylic acids is 1. The molecule has 0 radical (unpaired) electrons. The minimum absolute atomic E-state index is 0.142. The summed E-state index contributed by atoms with van der Waals surface area (Å²) in [6.07, 6.45) is 1.09. The number of rotatable bonds is 6. The van der Waals surface area contributed by atoms with E-state index in [1.807, 2.05) is 20.8 Å². The zero-order valence-electron chi connectivity index (χ0n) is 11.2. The summed E-state index contributed by atoms with van der Waals surface area (Å²) >= 11 is 0. The van der Waals surface area contributed by atoms with Gasteiger partial charge in [0, 0.05) is 19.2 Å². The lowest BCUT2D eigenvalue weighted by Gasteiger charge is -2.25. The van der Waals surface area contributed by atoms with E-state index in [1.165, 1.54) is 0 Å². The molecule has 104 valence electrons. The van der Waals surface area contributed by atoms with Crippen molar-refractivity contribution in [3.8, 4) is 0 Å². The summed E-state index contributed by atoms with van der Waals surface area (Å²) in [7, 11) is 0. The van der Waals surface area contributed by atoms with Crippen LogP contribution in [0.4, 0.5) is 11.5 Å². The van der Waals surface area contributed by atoms with Gasteiger partial charge in [-0.05, 0) is 12.8 Å². The molecule has 0 aromatic carbocycles. The van der Waals surface area contributed by atoms with Crippen molar-refractivity contribution in [2.24, 2.45) is 5.92 Å². The Bertz CT molecular complexity index is 488. The molecule has 0 saturated heterocycles. The Morgan fingerprint density at radius 3 is 2.63 bits per heavy atom. The second-order valence-electron chi connectivity index (χ2n) is 4.56. The van der Waals surface area contributed by atoms with Crippen LogP contribution in [0.15, 0.2) is 12.3 Å². The van der Waals surface area contributed by atoms with E-state index in [4.69, 9.17) is 5.11 Å². The van der Waals surface area contributed by atoms with Gasteiger partial charge in [0.25, 0.3) is 5.69 Å². The lowest BCUT2D eigenvalue weighted by molar-refractivity contribution is -0.385. The predicted molar refractivity (Wildman–Crippen MR) is 70.6 cm³/mol. The molecule has 0 aliphatic heterocycles. The maximum Gasteiger partial charge on any atom is 0.339 e. The number of nitro groups is 1. The standard InChI is InChI=1S/C12H17N3O4/c1-4-14(7-8(2)3)11-10(12(16)17)5-9(6-13-11)15(18)19/h5-6,8H,4,7H2,1-3H3,(H,16,17). The minimum Gasteiger partial charge on any atom is -0.478 e. The van der Waals surface area contributed by atoms with Gasteiger partial charge in [-0.3, -0.25) is 10.1 Å². The largest absolute Gasteiger partial charge is 0.478 e. The number of pyridine rings is 1. The Morgan fingerprint density at radius 2 is 2.21 bits per heavy atom. The van der Waals surface area contributed by atoms with E-state index < -0.39 is 10.9 Å². The number of aromatic carboxylic acids is 1. The number of hydrogen-bond acceptors (Lipinski definition) is 5. The van der Waals surface area contributed by atoms with Gasteiger partial charge < -0.3 is 10.0 Å². The Balaban J connectivity index is 3.25. The highest BCUT2D eigenvalue weighted by Gasteiger charge is 2.21. The molecule has 1 N–H and O–H groups in total. The van der Waals surface area contributed by atoms with E-state index in [2.05, 4.69) is 4.98 Å². The quantitative estimate of drug-likeness (QED) is 0.626. The first-order chi connectivity index (χ1) is 8.86. The highest BCUT2D eigenvalue weighted by Crippen LogP contribution is 2.23. The average molecular weight is 267 g/mol. The SMILES string of the molecule is CCN(CC(C)C)c1ncc([N+](=O)[O-])cc1C(=O)O. The summed E-state index contributed by atoms with van der Waals surface area (Å²) in [6, 6.07) is 1.05. The molecule has 0 unspecified atom stereocenters. The molecule has 19 heavy (non-hydrogen) atoms. The summed E-state index contributed by atoms with van der Waals surface area (Å²) in [5.41, 5.74) is -0.460. The van der Waals surface area contributed by atoms with Gasteiger partial charge in [0.2, 0.25) is 0 Å². The molecule has 1 aromatic rings. The van der Waals surface area contributed by atoms with Crippen molar-refractivity contribution in [3.05, 3.63) is 27.9 Å². The molecular weight excluding hydrogens is 250 g/mol. The molecule has 0 spiro atoms. The molecule has 0 bridgehead atoms. The minimum atomic E-state index is -1.21. The van der Waals surface area contributed by atoms with Crippen LogP contribution in [-0.4, -0.2) is 34.1 Å². The lowest BCUT2D eigenvalue weighted by Crippen LogP contribution is -2.29. The van der Waals surface area contributed by atoms with Crippen LogP contribution in [0.5, 0.6) is 0 Å². The van der Waals surface area contributed by atoms with Crippen LogP contribution >= 0.6 is 0 Å². The molecule has 0 atom stereocenters. The van der Waals surface area contributed by atoms with E-state index in [-0.39, 0.29) is 17.1 Å². The van der Waals surface area contributed by atoms with Crippen LogP contribution < -0.4 is 4.90 Å². The highest BCUT2D eigenvalue weighted by molar-refractivity contribution is 5.94. The molecule has 0 aliphatic rings. The third-order valence-corrected chi connectivity index (χ3v) is 2.56. The maximum absolute atomic E-state index is 11.2. The summed E-state index contributed by atoms with van der Waals surface area (Å²) in [6.45, 7) is 7.13. The summed E-state index contributed by atoms with van der Waals surface area (Å²) < 4.78 is 0. The van der Waals surface area contributed by atoms with E-state index >= 15 is 0 Å². The van der Waals surface area contributed by atoms with Crippen molar-refractivity contribution >= 4 is 17.5 Å². The van der Waals surface area contributed by atoms with Crippen LogP contribution in [0.1, 0.15) is 31.1 Å². The molecule has 0 saturated carbocycles. The van der Waals surface area contributed by atoms with E-state index in [0.717, 1.165) is 12.3 Å². The van der Waals surface area contributed by atoms with Crippen molar-refractivity contribution in [2.75, 3.05) is 18.0 Å². The molecule has 0 aliphatic carbocycles. The number of carboxylic acid groups (broad SMARTS) is 1. The monoisotopic (exact) mass is 267 g/mol. The molecule has 0 amide bonds. The van der Waals surface area contributed by atoms with Crippen molar-refractivity contribution in [3.63, 3.8) is 0 Å². The summed E-state index contributed by atoms with van der Waals surface area (Å²) in [5, 5.41) is 19.8. The normalized spacial score (nSPS) is 10.5. The van der Waals surface area contributed by atoms with Crippen LogP contribution in [0.25, 0.3) is 0 Å². The van der Waals surface area contributed by atoms with Crippen molar-refractivity contribution in [2.45, 2.75) is 20.8 Å². The van der Waals surface area contributed by atoms with E-state index in [9.17, 15) is 14.9 Å². The van der Waals surface area contributed by atoms with Gasteiger partial charge in [-0.25, -0.2) is 9.78 Å². The Kier molecular flexibility index (Phi) is 4.80. The number of anilines is 1. The van der Waals surface area contributed by atoms with Crippen LogP contribution in [0.3, 0.4) is 0 Å². The number of nitrogens with zero attached hydrogens (tertiary/aromatic N) is 3. The van der Waals surface area contributed by atoms with Crippen molar-refractivity contribution in [1.82, 2.24) is 4.98 Å².